The second-order valence-electron chi connectivity index (χ2n) is 8.39. The van der Waals surface area contributed by atoms with Gasteiger partial charge in [0.25, 0.3) is 0 Å². The molecule has 0 bridgehead atoms. The lowest BCUT2D eigenvalue weighted by Crippen LogP contribution is -2.13. The van der Waals surface area contributed by atoms with E-state index in [0.717, 1.165) is 49.9 Å². The minimum Gasteiger partial charge on any atom is -0.423 e. The molecule has 1 aliphatic rings. The molecule has 1 aliphatic carbocycles. The van der Waals surface area contributed by atoms with Crippen LogP contribution in [0.1, 0.15) is 48.5 Å². The van der Waals surface area contributed by atoms with Crippen molar-refractivity contribution >= 4 is 16.7 Å². The maximum absolute atomic E-state index is 14.6. The summed E-state index contributed by atoms with van der Waals surface area (Å²) in [5.74, 6) is 1.11. The fourth-order valence-corrected chi connectivity index (χ4v) is 4.20. The Hall–Kier alpha value is -3.59. The van der Waals surface area contributed by atoms with Crippen molar-refractivity contribution in [2.24, 2.45) is 11.8 Å². The van der Waals surface area contributed by atoms with Crippen LogP contribution in [0.25, 0.3) is 10.8 Å². The normalized spacial score (nSPS) is 18.0. The molecule has 0 unspecified atom stereocenters. The monoisotopic (exact) mass is 466 g/mol. The highest BCUT2D eigenvalue weighted by Gasteiger charge is 2.22. The molecule has 6 heteroatoms. The summed E-state index contributed by atoms with van der Waals surface area (Å²) in [6.45, 7) is 2.00. The van der Waals surface area contributed by atoms with Crippen LogP contribution in [0.4, 0.5) is 17.6 Å². The van der Waals surface area contributed by atoms with Gasteiger partial charge in [-0.15, -0.1) is 0 Å². The molecule has 174 valence electrons. The Morgan fingerprint density at radius 2 is 1.53 bits per heavy atom. The maximum atomic E-state index is 14.6. The van der Waals surface area contributed by atoms with Crippen LogP contribution in [0.5, 0.6) is 5.75 Å². The molecule has 4 rings (SSSR count). The van der Waals surface area contributed by atoms with Gasteiger partial charge < -0.3 is 4.74 Å². The first-order valence-corrected chi connectivity index (χ1v) is 11.1. The van der Waals surface area contributed by atoms with Crippen molar-refractivity contribution in [3.05, 3.63) is 89.0 Å². The first kappa shape index (κ1) is 23.6. The fraction of sp³-hybridized carbons (Fsp3) is 0.250. The summed E-state index contributed by atoms with van der Waals surface area (Å²) < 4.78 is 61.1. The molecule has 0 aromatic heterocycles. The van der Waals surface area contributed by atoms with Gasteiger partial charge >= 0.3 is 5.97 Å². The number of carbonyl (C=O) groups excluding carboxylic acids is 1. The SMILES string of the molecule is C/C=C/C1CCC(C#Cc2cc(F)c(C(=O)Oc3ccc4cc(F)c(F)cc4c3)c(F)c2)CC1. The molecular weight excluding hydrogens is 444 g/mol. The van der Waals surface area contributed by atoms with Crippen molar-refractivity contribution in [2.75, 3.05) is 0 Å². The van der Waals surface area contributed by atoms with E-state index in [-0.39, 0.29) is 22.6 Å². The van der Waals surface area contributed by atoms with E-state index in [1.54, 1.807) is 0 Å². The Morgan fingerprint density at radius 3 is 2.18 bits per heavy atom. The van der Waals surface area contributed by atoms with Crippen molar-refractivity contribution in [1.29, 1.82) is 0 Å². The van der Waals surface area contributed by atoms with Crippen LogP contribution in [0.2, 0.25) is 0 Å². The predicted molar refractivity (Wildman–Crippen MR) is 122 cm³/mol. The van der Waals surface area contributed by atoms with E-state index < -0.39 is 34.8 Å². The molecule has 2 nitrogen and oxygen atoms in total. The third kappa shape index (κ3) is 5.31. The fourth-order valence-electron chi connectivity index (χ4n) is 4.20. The summed E-state index contributed by atoms with van der Waals surface area (Å²) in [5.41, 5.74) is -0.701. The summed E-state index contributed by atoms with van der Waals surface area (Å²) in [6, 6.07) is 8.01. The second kappa shape index (κ2) is 10.1. The van der Waals surface area contributed by atoms with Crippen LogP contribution in [0.15, 0.2) is 54.6 Å². The Kier molecular flexibility index (Phi) is 7.02. The van der Waals surface area contributed by atoms with E-state index in [1.165, 1.54) is 18.2 Å². The van der Waals surface area contributed by atoms with E-state index in [2.05, 4.69) is 24.0 Å². The smallest absolute Gasteiger partial charge is 0.349 e. The highest BCUT2D eigenvalue weighted by molar-refractivity contribution is 5.93. The molecule has 1 fully saturated rings. The van der Waals surface area contributed by atoms with Gasteiger partial charge in [-0.25, -0.2) is 22.4 Å². The molecule has 34 heavy (non-hydrogen) atoms. The molecule has 3 aromatic carbocycles. The van der Waals surface area contributed by atoms with Crippen molar-refractivity contribution in [3.63, 3.8) is 0 Å². The van der Waals surface area contributed by atoms with E-state index in [9.17, 15) is 22.4 Å². The van der Waals surface area contributed by atoms with Crippen LogP contribution in [-0.4, -0.2) is 5.97 Å². The van der Waals surface area contributed by atoms with Crippen LogP contribution < -0.4 is 4.74 Å². The summed E-state index contributed by atoms with van der Waals surface area (Å²) in [6.07, 6.45) is 8.18. The predicted octanol–water partition coefficient (Wildman–Crippen LogP) is 7.35. The van der Waals surface area contributed by atoms with Crippen LogP contribution in [0.3, 0.4) is 0 Å². The zero-order chi connectivity index (χ0) is 24.2. The zero-order valence-corrected chi connectivity index (χ0v) is 18.5. The van der Waals surface area contributed by atoms with Gasteiger partial charge in [-0.2, -0.15) is 0 Å². The first-order chi connectivity index (χ1) is 16.3. The molecule has 1 saturated carbocycles. The molecule has 0 amide bonds. The van der Waals surface area contributed by atoms with E-state index in [4.69, 9.17) is 4.74 Å². The molecule has 0 heterocycles. The number of allylic oxidation sites excluding steroid dienone is 2. The molecule has 3 aromatic rings. The summed E-state index contributed by atoms with van der Waals surface area (Å²) in [4.78, 5) is 12.4. The third-order valence-electron chi connectivity index (χ3n) is 5.96. The average molecular weight is 466 g/mol. The van der Waals surface area contributed by atoms with Crippen molar-refractivity contribution in [1.82, 2.24) is 0 Å². The van der Waals surface area contributed by atoms with Gasteiger partial charge in [-0.3, -0.25) is 0 Å². The van der Waals surface area contributed by atoms with E-state index in [1.807, 2.05) is 6.92 Å². The third-order valence-corrected chi connectivity index (χ3v) is 5.96. The number of rotatable bonds is 3. The molecule has 0 saturated heterocycles. The van der Waals surface area contributed by atoms with E-state index >= 15 is 0 Å². The number of benzene rings is 3. The molecule has 0 spiro atoms. The minimum atomic E-state index is -1.24. The second-order valence-corrected chi connectivity index (χ2v) is 8.39. The van der Waals surface area contributed by atoms with E-state index in [0.29, 0.717) is 11.3 Å². The Labute approximate surface area is 195 Å². The summed E-state index contributed by atoms with van der Waals surface area (Å²) in [7, 11) is 0. The highest BCUT2D eigenvalue weighted by atomic mass is 19.2. The summed E-state index contributed by atoms with van der Waals surface area (Å²) in [5, 5.41) is 0.657. The van der Waals surface area contributed by atoms with Gasteiger partial charge in [0.1, 0.15) is 22.9 Å². The average Bonchev–Trinajstić information content (AvgIpc) is 2.79. The van der Waals surface area contributed by atoms with Gasteiger partial charge in [0.2, 0.25) is 0 Å². The number of ether oxygens (including phenoxy) is 1. The number of hydrogen-bond acceptors (Lipinski definition) is 2. The molecular formula is C28H22F4O2. The van der Waals surface area contributed by atoms with Gasteiger partial charge in [-0.1, -0.05) is 30.1 Å². The largest absolute Gasteiger partial charge is 0.423 e. The lowest BCUT2D eigenvalue weighted by Gasteiger charge is -2.22. The van der Waals surface area contributed by atoms with Gasteiger partial charge in [0, 0.05) is 11.5 Å². The number of hydrogen-bond donors (Lipinski definition) is 0. The standard InChI is InChI=1S/C28H22F4O2/c1-2-3-17-4-6-18(7-5-17)8-9-19-12-25(31)27(26(32)13-19)28(33)34-22-11-10-20-15-23(29)24(30)16-21(20)14-22/h2-3,10-18H,4-7H2,1H3/b3-2+. The lowest BCUT2D eigenvalue weighted by atomic mass is 9.82. The zero-order valence-electron chi connectivity index (χ0n) is 18.5. The van der Waals surface area contributed by atoms with Gasteiger partial charge in [-0.05, 0) is 85.7 Å². The van der Waals surface area contributed by atoms with Crippen molar-refractivity contribution < 1.29 is 27.1 Å². The number of esters is 1. The first-order valence-electron chi connectivity index (χ1n) is 11.1. The van der Waals surface area contributed by atoms with Gasteiger partial charge in [0.15, 0.2) is 11.6 Å². The van der Waals surface area contributed by atoms with Crippen molar-refractivity contribution in [3.8, 4) is 17.6 Å². The summed E-state index contributed by atoms with van der Waals surface area (Å²) >= 11 is 0. The highest BCUT2D eigenvalue weighted by Crippen LogP contribution is 2.29. The van der Waals surface area contributed by atoms with Crippen LogP contribution in [-0.2, 0) is 0 Å². The molecule has 0 N–H and O–H groups in total. The topological polar surface area (TPSA) is 26.3 Å². The molecule has 0 atom stereocenters. The maximum Gasteiger partial charge on any atom is 0.349 e. The molecule has 0 radical (unpaired) electrons. The minimum absolute atomic E-state index is 0.0558. The molecule has 0 aliphatic heterocycles. The van der Waals surface area contributed by atoms with Crippen molar-refractivity contribution in [2.45, 2.75) is 32.6 Å². The lowest BCUT2D eigenvalue weighted by molar-refractivity contribution is 0.0725. The number of fused-ring (bicyclic) bond motifs is 1. The Balaban J connectivity index is 1.48. The Morgan fingerprint density at radius 1 is 0.882 bits per heavy atom. The quantitative estimate of drug-likeness (QED) is 0.133. The van der Waals surface area contributed by atoms with Crippen LogP contribution in [0, 0.1) is 46.9 Å². The number of carbonyl (C=O) groups is 1. The number of halogens is 4. The van der Waals surface area contributed by atoms with Gasteiger partial charge in [0.05, 0.1) is 0 Å². The Bertz CT molecular complexity index is 1300. The van der Waals surface area contributed by atoms with Crippen LogP contribution >= 0.6 is 0 Å².